The first-order valence-electron chi connectivity index (χ1n) is 6.36. The molecule has 0 unspecified atom stereocenters. The molecule has 8 heteroatoms. The Bertz CT molecular complexity index is 879. The van der Waals surface area contributed by atoms with E-state index in [2.05, 4.69) is 15.6 Å². The van der Waals surface area contributed by atoms with E-state index in [1.807, 2.05) is 0 Å². The van der Waals surface area contributed by atoms with Crippen molar-refractivity contribution < 1.29 is 14.0 Å². The summed E-state index contributed by atoms with van der Waals surface area (Å²) in [6, 6.07) is 8.21. The fourth-order valence-electron chi connectivity index (χ4n) is 1.89. The van der Waals surface area contributed by atoms with E-state index in [-0.39, 0.29) is 18.4 Å². The monoisotopic (exact) mass is 317 g/mol. The number of rotatable bonds is 4. The van der Waals surface area contributed by atoms with Crippen molar-refractivity contribution in [2.24, 2.45) is 0 Å². The lowest BCUT2D eigenvalue weighted by atomic mass is 10.3. The van der Waals surface area contributed by atoms with Crippen LogP contribution in [0, 0.1) is 0 Å². The van der Waals surface area contributed by atoms with Gasteiger partial charge < -0.3 is 15.1 Å². The molecule has 22 heavy (non-hydrogen) atoms. The molecule has 0 saturated carbocycles. The highest BCUT2D eigenvalue weighted by Gasteiger charge is 2.09. The number of amides is 2. The standard InChI is InChI=1S/C14H11N3O4S/c18-12(7-15-13(19)11-2-1-5-22-11)16-8-3-4-10-9(6-8)17-14(20)21-10/h1-6H,7H2,(H,15,19)(H,16,18)(H,17,20). The van der Waals surface area contributed by atoms with Crippen LogP contribution in [0.3, 0.4) is 0 Å². The molecule has 112 valence electrons. The van der Waals surface area contributed by atoms with Crippen LogP contribution in [0.1, 0.15) is 9.67 Å². The third-order valence-electron chi connectivity index (χ3n) is 2.86. The third-order valence-corrected chi connectivity index (χ3v) is 3.73. The van der Waals surface area contributed by atoms with Crippen LogP contribution in [0.15, 0.2) is 44.9 Å². The summed E-state index contributed by atoms with van der Waals surface area (Å²) in [7, 11) is 0. The van der Waals surface area contributed by atoms with Gasteiger partial charge in [-0.3, -0.25) is 14.6 Å². The molecular formula is C14H11N3O4S. The van der Waals surface area contributed by atoms with Crippen molar-refractivity contribution in [3.63, 3.8) is 0 Å². The zero-order valence-electron chi connectivity index (χ0n) is 11.2. The van der Waals surface area contributed by atoms with Crippen molar-refractivity contribution in [3.8, 4) is 0 Å². The zero-order chi connectivity index (χ0) is 15.5. The number of nitrogens with one attached hydrogen (secondary N) is 3. The van der Waals surface area contributed by atoms with E-state index in [0.29, 0.717) is 21.7 Å². The zero-order valence-corrected chi connectivity index (χ0v) is 12.0. The lowest BCUT2D eigenvalue weighted by Gasteiger charge is -2.06. The largest absolute Gasteiger partial charge is 0.417 e. The summed E-state index contributed by atoms with van der Waals surface area (Å²) in [4.78, 5) is 37.6. The molecule has 2 amide bonds. The molecule has 0 bridgehead atoms. The van der Waals surface area contributed by atoms with Gasteiger partial charge >= 0.3 is 5.76 Å². The number of benzene rings is 1. The van der Waals surface area contributed by atoms with E-state index in [4.69, 9.17) is 4.42 Å². The van der Waals surface area contributed by atoms with Crippen LogP contribution in [-0.4, -0.2) is 23.3 Å². The predicted octanol–water partition coefficient (Wildman–Crippen LogP) is 1.55. The van der Waals surface area contributed by atoms with Gasteiger partial charge in [0.05, 0.1) is 16.9 Å². The Labute approximate surface area is 128 Å². The van der Waals surface area contributed by atoms with E-state index in [1.54, 1.807) is 35.7 Å². The summed E-state index contributed by atoms with van der Waals surface area (Å²) in [5, 5.41) is 6.95. The van der Waals surface area contributed by atoms with Gasteiger partial charge in [-0.1, -0.05) is 6.07 Å². The van der Waals surface area contributed by atoms with Crippen molar-refractivity contribution in [1.29, 1.82) is 0 Å². The number of hydrogen-bond acceptors (Lipinski definition) is 5. The number of fused-ring (bicyclic) bond motifs is 1. The van der Waals surface area contributed by atoms with Crippen molar-refractivity contribution >= 4 is 39.9 Å². The van der Waals surface area contributed by atoms with Gasteiger partial charge in [0.15, 0.2) is 5.58 Å². The Kier molecular flexibility index (Phi) is 3.75. The number of carbonyl (C=O) groups is 2. The molecular weight excluding hydrogens is 306 g/mol. The number of anilines is 1. The maximum Gasteiger partial charge on any atom is 0.417 e. The first kappa shape index (κ1) is 14.1. The van der Waals surface area contributed by atoms with Crippen LogP contribution in [-0.2, 0) is 4.79 Å². The van der Waals surface area contributed by atoms with Gasteiger partial charge in [0.2, 0.25) is 5.91 Å². The second kappa shape index (κ2) is 5.86. The second-order valence-corrected chi connectivity index (χ2v) is 5.38. The number of H-pyrrole nitrogens is 1. The molecule has 0 aliphatic carbocycles. The Morgan fingerprint density at radius 1 is 1.27 bits per heavy atom. The van der Waals surface area contributed by atoms with Crippen LogP contribution in [0.5, 0.6) is 0 Å². The van der Waals surface area contributed by atoms with Gasteiger partial charge in [0, 0.05) is 5.69 Å². The SMILES string of the molecule is O=C(CNC(=O)c1cccs1)Nc1ccc2oc(=O)[nH]c2c1. The van der Waals surface area contributed by atoms with E-state index < -0.39 is 5.76 Å². The number of aromatic amines is 1. The fourth-order valence-corrected chi connectivity index (χ4v) is 2.53. The average Bonchev–Trinajstić information content (AvgIpc) is 3.12. The van der Waals surface area contributed by atoms with E-state index in [9.17, 15) is 14.4 Å². The molecule has 0 radical (unpaired) electrons. The molecule has 2 aromatic heterocycles. The molecule has 3 N–H and O–H groups in total. The average molecular weight is 317 g/mol. The maximum absolute atomic E-state index is 11.8. The number of thiophene rings is 1. The van der Waals surface area contributed by atoms with Crippen molar-refractivity contribution in [2.45, 2.75) is 0 Å². The van der Waals surface area contributed by atoms with Gasteiger partial charge in [-0.2, -0.15) is 0 Å². The highest BCUT2D eigenvalue weighted by molar-refractivity contribution is 7.12. The van der Waals surface area contributed by atoms with Gasteiger partial charge in [-0.25, -0.2) is 4.79 Å². The molecule has 3 aromatic rings. The first-order chi connectivity index (χ1) is 10.6. The normalized spacial score (nSPS) is 10.5. The molecule has 0 aliphatic heterocycles. The molecule has 0 fully saturated rings. The second-order valence-electron chi connectivity index (χ2n) is 4.43. The first-order valence-corrected chi connectivity index (χ1v) is 7.24. The van der Waals surface area contributed by atoms with Crippen LogP contribution < -0.4 is 16.4 Å². The Morgan fingerprint density at radius 3 is 2.91 bits per heavy atom. The number of carbonyl (C=O) groups excluding carboxylic acids is 2. The summed E-state index contributed by atoms with van der Waals surface area (Å²) < 4.78 is 4.87. The van der Waals surface area contributed by atoms with E-state index >= 15 is 0 Å². The Hall–Kier alpha value is -2.87. The van der Waals surface area contributed by atoms with Gasteiger partial charge in [-0.05, 0) is 29.6 Å². The minimum absolute atomic E-state index is 0.142. The topological polar surface area (TPSA) is 104 Å². The van der Waals surface area contributed by atoms with Gasteiger partial charge in [0.25, 0.3) is 5.91 Å². The molecule has 0 atom stereocenters. The Balaban J connectivity index is 1.60. The minimum Gasteiger partial charge on any atom is -0.408 e. The maximum atomic E-state index is 11.8. The van der Waals surface area contributed by atoms with Crippen LogP contribution in [0.25, 0.3) is 11.1 Å². The van der Waals surface area contributed by atoms with Crippen molar-refractivity contribution in [1.82, 2.24) is 10.3 Å². The Morgan fingerprint density at radius 2 is 2.14 bits per heavy atom. The number of aromatic nitrogens is 1. The summed E-state index contributed by atoms with van der Waals surface area (Å²) in [6.07, 6.45) is 0. The van der Waals surface area contributed by atoms with Crippen molar-refractivity contribution in [2.75, 3.05) is 11.9 Å². The van der Waals surface area contributed by atoms with E-state index in [0.717, 1.165) is 0 Å². The number of hydrogen-bond donors (Lipinski definition) is 3. The summed E-state index contributed by atoms with van der Waals surface area (Å²) in [6.45, 7) is -0.142. The fraction of sp³-hybridized carbons (Fsp3) is 0.0714. The molecule has 3 rings (SSSR count). The highest BCUT2D eigenvalue weighted by atomic mass is 32.1. The van der Waals surface area contributed by atoms with Crippen LogP contribution in [0.4, 0.5) is 5.69 Å². The van der Waals surface area contributed by atoms with E-state index in [1.165, 1.54) is 11.3 Å². The number of oxazole rings is 1. The molecule has 1 aromatic carbocycles. The minimum atomic E-state index is -0.554. The summed E-state index contributed by atoms with van der Waals surface area (Å²) >= 11 is 1.30. The quantitative estimate of drug-likeness (QED) is 0.679. The molecule has 0 saturated heterocycles. The highest BCUT2D eigenvalue weighted by Crippen LogP contribution is 2.15. The summed E-state index contributed by atoms with van der Waals surface area (Å²) in [5.41, 5.74) is 1.40. The predicted molar refractivity (Wildman–Crippen MR) is 82.1 cm³/mol. The van der Waals surface area contributed by atoms with Gasteiger partial charge in [-0.15, -0.1) is 11.3 Å². The lowest BCUT2D eigenvalue weighted by Crippen LogP contribution is -2.32. The molecule has 2 heterocycles. The smallest absolute Gasteiger partial charge is 0.408 e. The lowest BCUT2D eigenvalue weighted by molar-refractivity contribution is -0.115. The summed E-state index contributed by atoms with van der Waals surface area (Å²) in [5.74, 6) is -1.21. The van der Waals surface area contributed by atoms with Gasteiger partial charge in [0.1, 0.15) is 0 Å². The van der Waals surface area contributed by atoms with Crippen LogP contribution in [0.2, 0.25) is 0 Å². The molecule has 7 nitrogen and oxygen atoms in total. The van der Waals surface area contributed by atoms with Crippen LogP contribution >= 0.6 is 11.3 Å². The molecule has 0 aliphatic rings. The van der Waals surface area contributed by atoms with Crippen molar-refractivity contribution in [3.05, 3.63) is 51.1 Å². The third kappa shape index (κ3) is 3.07. The molecule has 0 spiro atoms.